The van der Waals surface area contributed by atoms with E-state index >= 15 is 0 Å². The van der Waals surface area contributed by atoms with Crippen molar-refractivity contribution in [2.45, 2.75) is 0 Å². The van der Waals surface area contributed by atoms with E-state index in [-0.39, 0.29) is 11.5 Å². The van der Waals surface area contributed by atoms with Crippen LogP contribution in [0.4, 0.5) is 5.82 Å². The molecule has 0 aliphatic carbocycles. The van der Waals surface area contributed by atoms with Gasteiger partial charge in [-0.2, -0.15) is 4.68 Å². The van der Waals surface area contributed by atoms with Gasteiger partial charge in [0.1, 0.15) is 0 Å². The number of carbonyl (C=O) groups excluding carboxylic acids is 1. The molecule has 82 valence electrons. The highest BCUT2D eigenvalue weighted by Crippen LogP contribution is 2.13. The first-order valence-electron chi connectivity index (χ1n) is 4.45. The van der Waals surface area contributed by atoms with Crippen LogP contribution in [-0.2, 0) is 0 Å². The maximum Gasteiger partial charge on any atom is 0.299 e. The van der Waals surface area contributed by atoms with Gasteiger partial charge in [0.05, 0.1) is 5.69 Å². The molecule has 0 atom stereocenters. The summed E-state index contributed by atoms with van der Waals surface area (Å²) in [5.41, 5.74) is 7.70. The molecule has 2 rings (SSSR count). The summed E-state index contributed by atoms with van der Waals surface area (Å²) >= 11 is 0. The Kier molecular flexibility index (Phi) is 2.52. The number of para-hydroxylation sites is 1. The average Bonchev–Trinajstić information content (AvgIpc) is 2.71. The number of hydrogen-bond acceptors (Lipinski definition) is 5. The van der Waals surface area contributed by atoms with Crippen LogP contribution >= 0.6 is 0 Å². The number of rotatable bonds is 2. The van der Waals surface area contributed by atoms with Crippen LogP contribution in [0.1, 0.15) is 10.5 Å². The summed E-state index contributed by atoms with van der Waals surface area (Å²) in [7, 11) is 0. The van der Waals surface area contributed by atoms with Crippen molar-refractivity contribution in [1.29, 1.82) is 0 Å². The van der Waals surface area contributed by atoms with Gasteiger partial charge in [0.25, 0.3) is 5.91 Å². The SMILES string of the molecule is Nc1c(C(=O)NO)nnn1-c1ccccc1. The summed E-state index contributed by atoms with van der Waals surface area (Å²) in [6, 6.07) is 9.00. The van der Waals surface area contributed by atoms with Crippen molar-refractivity contribution in [3.63, 3.8) is 0 Å². The van der Waals surface area contributed by atoms with Crippen LogP contribution in [0.15, 0.2) is 30.3 Å². The molecule has 0 aliphatic heterocycles. The lowest BCUT2D eigenvalue weighted by molar-refractivity contribution is 0.0701. The highest BCUT2D eigenvalue weighted by atomic mass is 16.5. The van der Waals surface area contributed by atoms with Crippen LogP contribution in [0.3, 0.4) is 0 Å². The number of amides is 1. The lowest BCUT2D eigenvalue weighted by Gasteiger charge is -2.01. The van der Waals surface area contributed by atoms with Gasteiger partial charge in [0.2, 0.25) is 0 Å². The van der Waals surface area contributed by atoms with Crippen molar-refractivity contribution in [1.82, 2.24) is 20.5 Å². The Labute approximate surface area is 90.4 Å². The molecule has 0 spiro atoms. The van der Waals surface area contributed by atoms with Crippen molar-refractivity contribution in [3.05, 3.63) is 36.0 Å². The highest BCUT2D eigenvalue weighted by Gasteiger charge is 2.17. The Morgan fingerprint density at radius 1 is 1.38 bits per heavy atom. The van der Waals surface area contributed by atoms with Crippen molar-refractivity contribution in [2.75, 3.05) is 5.73 Å². The molecular formula is C9H9N5O2. The summed E-state index contributed by atoms with van der Waals surface area (Å²) in [4.78, 5) is 11.1. The minimum Gasteiger partial charge on any atom is -0.382 e. The van der Waals surface area contributed by atoms with Crippen molar-refractivity contribution < 1.29 is 10.0 Å². The Morgan fingerprint density at radius 3 is 2.69 bits per heavy atom. The third-order valence-corrected chi connectivity index (χ3v) is 2.02. The Hall–Kier alpha value is -2.41. The second-order valence-corrected chi connectivity index (χ2v) is 3.01. The minimum absolute atomic E-state index is 0.0674. The summed E-state index contributed by atoms with van der Waals surface area (Å²) in [5.74, 6) is -0.725. The van der Waals surface area contributed by atoms with E-state index in [1.54, 1.807) is 12.1 Å². The lowest BCUT2D eigenvalue weighted by atomic mass is 10.3. The fourth-order valence-electron chi connectivity index (χ4n) is 1.26. The number of nitrogens with zero attached hydrogens (tertiary/aromatic N) is 3. The fourth-order valence-corrected chi connectivity index (χ4v) is 1.26. The van der Waals surface area contributed by atoms with Crippen molar-refractivity contribution in [3.8, 4) is 5.69 Å². The minimum atomic E-state index is -0.792. The monoisotopic (exact) mass is 219 g/mol. The predicted molar refractivity (Wildman–Crippen MR) is 55.0 cm³/mol. The summed E-state index contributed by atoms with van der Waals surface area (Å²) in [5, 5.41) is 15.8. The van der Waals surface area contributed by atoms with E-state index in [1.165, 1.54) is 10.2 Å². The maximum atomic E-state index is 11.1. The molecule has 16 heavy (non-hydrogen) atoms. The van der Waals surface area contributed by atoms with Crippen LogP contribution in [-0.4, -0.2) is 26.1 Å². The van der Waals surface area contributed by atoms with Gasteiger partial charge in [-0.05, 0) is 12.1 Å². The number of carbonyl (C=O) groups is 1. The van der Waals surface area contributed by atoms with Crippen LogP contribution in [0.25, 0.3) is 5.69 Å². The van der Waals surface area contributed by atoms with Gasteiger partial charge in [0.15, 0.2) is 11.5 Å². The number of nitrogens with two attached hydrogens (primary N) is 1. The van der Waals surface area contributed by atoms with E-state index in [1.807, 2.05) is 18.2 Å². The third-order valence-electron chi connectivity index (χ3n) is 2.02. The maximum absolute atomic E-state index is 11.1. The number of nitrogen functional groups attached to an aromatic ring is 1. The molecule has 1 aromatic carbocycles. The molecule has 2 aromatic rings. The molecule has 0 fully saturated rings. The molecule has 0 aliphatic rings. The van der Waals surface area contributed by atoms with Gasteiger partial charge in [-0.3, -0.25) is 10.0 Å². The van der Waals surface area contributed by atoms with Crippen molar-refractivity contribution in [2.24, 2.45) is 0 Å². The number of nitrogens with one attached hydrogen (secondary N) is 1. The zero-order valence-electron chi connectivity index (χ0n) is 8.16. The first kappa shape index (κ1) is 10.1. The topological polar surface area (TPSA) is 106 Å². The molecule has 7 heteroatoms. The largest absolute Gasteiger partial charge is 0.382 e. The van der Waals surface area contributed by atoms with Gasteiger partial charge >= 0.3 is 0 Å². The average molecular weight is 219 g/mol. The Bertz CT molecular complexity index is 508. The summed E-state index contributed by atoms with van der Waals surface area (Å²) < 4.78 is 1.31. The fraction of sp³-hybridized carbons (Fsp3) is 0. The molecular weight excluding hydrogens is 210 g/mol. The molecule has 0 radical (unpaired) electrons. The smallest absolute Gasteiger partial charge is 0.299 e. The number of anilines is 1. The molecule has 0 bridgehead atoms. The summed E-state index contributed by atoms with van der Waals surface area (Å²) in [6.45, 7) is 0. The zero-order valence-corrected chi connectivity index (χ0v) is 8.16. The second kappa shape index (κ2) is 3.99. The van der Waals surface area contributed by atoms with Gasteiger partial charge in [-0.15, -0.1) is 5.10 Å². The second-order valence-electron chi connectivity index (χ2n) is 3.01. The zero-order chi connectivity index (χ0) is 11.5. The normalized spacial score (nSPS) is 10.1. The Morgan fingerprint density at radius 2 is 2.06 bits per heavy atom. The number of hydroxylamine groups is 1. The predicted octanol–water partition coefficient (Wildman–Crippen LogP) is -0.0315. The number of hydrogen-bond donors (Lipinski definition) is 3. The first-order valence-corrected chi connectivity index (χ1v) is 4.45. The van der Waals surface area contributed by atoms with Gasteiger partial charge in [0, 0.05) is 0 Å². The van der Waals surface area contributed by atoms with E-state index in [0.29, 0.717) is 5.69 Å². The van der Waals surface area contributed by atoms with E-state index in [9.17, 15) is 4.79 Å². The third kappa shape index (κ3) is 1.59. The highest BCUT2D eigenvalue weighted by molar-refractivity contribution is 5.95. The quantitative estimate of drug-likeness (QED) is 0.485. The molecule has 1 aromatic heterocycles. The lowest BCUT2D eigenvalue weighted by Crippen LogP contribution is -2.20. The van der Waals surface area contributed by atoms with Crippen LogP contribution < -0.4 is 11.2 Å². The van der Waals surface area contributed by atoms with E-state index in [2.05, 4.69) is 10.3 Å². The van der Waals surface area contributed by atoms with E-state index < -0.39 is 5.91 Å². The van der Waals surface area contributed by atoms with Crippen LogP contribution in [0.5, 0.6) is 0 Å². The molecule has 4 N–H and O–H groups in total. The first-order chi connectivity index (χ1) is 7.74. The standard InChI is InChI=1S/C9H9N5O2/c10-8-7(9(15)12-16)11-13-14(8)6-4-2-1-3-5-6/h1-5,16H,10H2,(H,12,15). The molecule has 1 amide bonds. The summed E-state index contributed by atoms with van der Waals surface area (Å²) in [6.07, 6.45) is 0. The molecule has 0 unspecified atom stereocenters. The molecule has 1 heterocycles. The molecule has 7 nitrogen and oxygen atoms in total. The van der Waals surface area contributed by atoms with Gasteiger partial charge < -0.3 is 5.73 Å². The van der Waals surface area contributed by atoms with Crippen molar-refractivity contribution >= 4 is 11.7 Å². The van der Waals surface area contributed by atoms with Gasteiger partial charge in [-0.1, -0.05) is 23.4 Å². The number of benzene rings is 1. The Balaban J connectivity index is 2.45. The molecule has 0 saturated heterocycles. The van der Waals surface area contributed by atoms with Crippen LogP contribution in [0, 0.1) is 0 Å². The number of aromatic nitrogens is 3. The molecule has 0 saturated carbocycles. The van der Waals surface area contributed by atoms with Crippen LogP contribution in [0.2, 0.25) is 0 Å². The van der Waals surface area contributed by atoms with Gasteiger partial charge in [-0.25, -0.2) is 5.48 Å². The van der Waals surface area contributed by atoms with E-state index in [4.69, 9.17) is 10.9 Å². The van der Waals surface area contributed by atoms with E-state index in [0.717, 1.165) is 0 Å².